The van der Waals surface area contributed by atoms with Gasteiger partial charge in [0.05, 0.1) is 16.4 Å². The van der Waals surface area contributed by atoms with E-state index in [9.17, 15) is 0 Å². The van der Waals surface area contributed by atoms with Crippen LogP contribution in [0.1, 0.15) is 18.5 Å². The predicted molar refractivity (Wildman–Crippen MR) is 82.0 cm³/mol. The molecule has 0 radical (unpaired) electrons. The molecule has 2 aromatic carbocycles. The fraction of sp³-hybridized carbons (Fsp3) is 0.143. The van der Waals surface area contributed by atoms with E-state index in [1.165, 1.54) is 5.56 Å². The van der Waals surface area contributed by atoms with Crippen molar-refractivity contribution in [2.75, 3.05) is 11.1 Å². The lowest BCUT2D eigenvalue weighted by Gasteiger charge is -2.18. The summed E-state index contributed by atoms with van der Waals surface area (Å²) in [6, 6.07) is 13.9. The van der Waals surface area contributed by atoms with E-state index in [1.54, 1.807) is 6.07 Å². The van der Waals surface area contributed by atoms with Gasteiger partial charge in [-0.05, 0) is 36.8 Å². The first-order chi connectivity index (χ1) is 8.58. The third kappa shape index (κ3) is 2.98. The summed E-state index contributed by atoms with van der Waals surface area (Å²) in [5, 5.41) is 3.93. The van der Waals surface area contributed by atoms with Crippen molar-refractivity contribution in [2.45, 2.75) is 13.0 Å². The van der Waals surface area contributed by atoms with Gasteiger partial charge >= 0.3 is 0 Å². The number of halogens is 2. The zero-order valence-electron chi connectivity index (χ0n) is 9.95. The Morgan fingerprint density at radius 3 is 2.67 bits per heavy atom. The highest BCUT2D eigenvalue weighted by molar-refractivity contribution is 9.10. The van der Waals surface area contributed by atoms with Crippen molar-refractivity contribution in [2.24, 2.45) is 0 Å². The summed E-state index contributed by atoms with van der Waals surface area (Å²) >= 11 is 9.46. The van der Waals surface area contributed by atoms with E-state index in [2.05, 4.69) is 40.3 Å². The van der Waals surface area contributed by atoms with E-state index < -0.39 is 0 Å². The Labute approximate surface area is 120 Å². The van der Waals surface area contributed by atoms with E-state index in [0.717, 1.165) is 10.2 Å². The van der Waals surface area contributed by atoms with Gasteiger partial charge in [0.25, 0.3) is 0 Å². The second kappa shape index (κ2) is 5.63. The lowest BCUT2D eigenvalue weighted by molar-refractivity contribution is 0.884. The monoisotopic (exact) mass is 324 g/mol. The summed E-state index contributed by atoms with van der Waals surface area (Å²) in [4.78, 5) is 0. The topological polar surface area (TPSA) is 38.0 Å². The number of nitrogens with two attached hydrogens (primary N) is 1. The lowest BCUT2D eigenvalue weighted by atomic mass is 10.1. The fourth-order valence-corrected chi connectivity index (χ4v) is 2.35. The van der Waals surface area contributed by atoms with Gasteiger partial charge in [0.1, 0.15) is 0 Å². The second-order valence-electron chi connectivity index (χ2n) is 4.12. The van der Waals surface area contributed by atoms with Gasteiger partial charge in [-0.25, -0.2) is 0 Å². The highest BCUT2D eigenvalue weighted by Gasteiger charge is 2.08. The zero-order chi connectivity index (χ0) is 13.1. The van der Waals surface area contributed by atoms with Gasteiger partial charge in [0, 0.05) is 10.5 Å². The van der Waals surface area contributed by atoms with Gasteiger partial charge in [0.2, 0.25) is 0 Å². The number of nitrogens with one attached hydrogen (secondary N) is 1. The number of benzene rings is 2. The Morgan fingerprint density at radius 1 is 1.22 bits per heavy atom. The molecule has 94 valence electrons. The highest BCUT2D eigenvalue weighted by Crippen LogP contribution is 2.30. The molecule has 2 nitrogen and oxygen atoms in total. The average Bonchev–Trinajstić information content (AvgIpc) is 2.35. The minimum atomic E-state index is 0.156. The Morgan fingerprint density at radius 2 is 1.94 bits per heavy atom. The van der Waals surface area contributed by atoms with E-state index in [-0.39, 0.29) is 6.04 Å². The number of rotatable bonds is 3. The molecule has 1 unspecified atom stereocenters. The van der Waals surface area contributed by atoms with E-state index in [0.29, 0.717) is 10.7 Å². The summed E-state index contributed by atoms with van der Waals surface area (Å²) in [7, 11) is 0. The van der Waals surface area contributed by atoms with Crippen LogP contribution in [0.3, 0.4) is 0 Å². The first-order valence-electron chi connectivity index (χ1n) is 5.64. The molecule has 0 aliphatic carbocycles. The molecule has 0 spiro atoms. The highest BCUT2D eigenvalue weighted by atomic mass is 79.9. The molecule has 18 heavy (non-hydrogen) atoms. The summed E-state index contributed by atoms with van der Waals surface area (Å²) in [6.45, 7) is 2.09. The number of anilines is 2. The van der Waals surface area contributed by atoms with Crippen LogP contribution in [0.25, 0.3) is 0 Å². The third-order valence-electron chi connectivity index (χ3n) is 2.77. The molecule has 0 aliphatic rings. The molecular weight excluding hydrogens is 312 g/mol. The summed E-state index contributed by atoms with van der Waals surface area (Å²) < 4.78 is 1.06. The van der Waals surface area contributed by atoms with Crippen LogP contribution in [0.5, 0.6) is 0 Å². The molecule has 0 aliphatic heterocycles. The quantitative estimate of drug-likeness (QED) is 0.791. The molecule has 2 rings (SSSR count). The fourth-order valence-electron chi connectivity index (χ4n) is 1.76. The zero-order valence-corrected chi connectivity index (χ0v) is 12.3. The van der Waals surface area contributed by atoms with Crippen molar-refractivity contribution in [3.05, 3.63) is 57.5 Å². The largest absolute Gasteiger partial charge is 0.396 e. The van der Waals surface area contributed by atoms with E-state index >= 15 is 0 Å². The maximum atomic E-state index is 6.00. The van der Waals surface area contributed by atoms with Crippen LogP contribution in [0.4, 0.5) is 11.4 Å². The molecule has 4 heteroatoms. The molecule has 0 amide bonds. The number of hydrogen-bond acceptors (Lipinski definition) is 2. The van der Waals surface area contributed by atoms with Crippen LogP contribution in [-0.4, -0.2) is 0 Å². The number of para-hydroxylation sites is 1. The third-order valence-corrected chi connectivity index (χ3v) is 3.60. The number of hydrogen-bond donors (Lipinski definition) is 2. The van der Waals surface area contributed by atoms with Gasteiger partial charge < -0.3 is 11.1 Å². The van der Waals surface area contributed by atoms with E-state index in [1.807, 2.05) is 24.3 Å². The molecular formula is C14H14BrClN2. The van der Waals surface area contributed by atoms with Crippen molar-refractivity contribution < 1.29 is 0 Å². The summed E-state index contributed by atoms with van der Waals surface area (Å²) in [6.07, 6.45) is 0. The van der Waals surface area contributed by atoms with Crippen LogP contribution in [-0.2, 0) is 0 Å². The Hall–Kier alpha value is -1.19. The first kappa shape index (κ1) is 13.2. The van der Waals surface area contributed by atoms with Crippen LogP contribution in [0.15, 0.2) is 46.9 Å². The normalized spacial score (nSPS) is 12.2. The molecule has 0 bridgehead atoms. The Kier molecular flexibility index (Phi) is 4.15. The van der Waals surface area contributed by atoms with Crippen molar-refractivity contribution in [1.29, 1.82) is 0 Å². The molecule has 0 saturated carbocycles. The second-order valence-corrected chi connectivity index (χ2v) is 5.44. The summed E-state index contributed by atoms with van der Waals surface area (Å²) in [5.74, 6) is 0. The average molecular weight is 326 g/mol. The minimum absolute atomic E-state index is 0.156. The van der Waals surface area contributed by atoms with E-state index in [4.69, 9.17) is 17.3 Å². The SMILES string of the molecule is CC(Nc1cccc(Cl)c1N)c1cccc(Br)c1. The first-order valence-corrected chi connectivity index (χ1v) is 6.81. The van der Waals surface area contributed by atoms with Crippen molar-refractivity contribution in [3.63, 3.8) is 0 Å². The van der Waals surface area contributed by atoms with Crippen molar-refractivity contribution in [1.82, 2.24) is 0 Å². The Balaban J connectivity index is 2.21. The van der Waals surface area contributed by atoms with Crippen LogP contribution < -0.4 is 11.1 Å². The molecule has 2 aromatic rings. The van der Waals surface area contributed by atoms with Gasteiger partial charge in [-0.1, -0.05) is 45.7 Å². The van der Waals surface area contributed by atoms with Crippen LogP contribution in [0, 0.1) is 0 Å². The predicted octanol–water partition coefficient (Wildman–Crippen LogP) is 4.86. The van der Waals surface area contributed by atoms with Gasteiger partial charge in [-0.3, -0.25) is 0 Å². The van der Waals surface area contributed by atoms with Crippen LogP contribution >= 0.6 is 27.5 Å². The smallest absolute Gasteiger partial charge is 0.0739 e. The molecule has 0 fully saturated rings. The molecule has 0 saturated heterocycles. The summed E-state index contributed by atoms with van der Waals surface area (Å²) in [5.41, 5.74) is 8.56. The Bertz CT molecular complexity index is 557. The van der Waals surface area contributed by atoms with Crippen molar-refractivity contribution >= 4 is 38.9 Å². The molecule has 1 atom stereocenters. The minimum Gasteiger partial charge on any atom is -0.396 e. The standard InChI is InChI=1S/C14H14BrClN2/c1-9(10-4-2-5-11(15)8-10)18-13-7-3-6-12(16)14(13)17/h2-9,18H,17H2,1H3. The van der Waals surface area contributed by atoms with Gasteiger partial charge in [-0.15, -0.1) is 0 Å². The molecule has 0 heterocycles. The lowest BCUT2D eigenvalue weighted by Crippen LogP contribution is -2.08. The van der Waals surface area contributed by atoms with Crippen molar-refractivity contribution in [3.8, 4) is 0 Å². The van der Waals surface area contributed by atoms with Gasteiger partial charge in [0.15, 0.2) is 0 Å². The van der Waals surface area contributed by atoms with Crippen LogP contribution in [0.2, 0.25) is 5.02 Å². The molecule has 3 N–H and O–H groups in total. The maximum absolute atomic E-state index is 6.00. The maximum Gasteiger partial charge on any atom is 0.0739 e. The molecule has 0 aromatic heterocycles. The number of nitrogen functional groups attached to an aromatic ring is 1. The van der Waals surface area contributed by atoms with Gasteiger partial charge in [-0.2, -0.15) is 0 Å².